The van der Waals surface area contributed by atoms with Crippen molar-refractivity contribution in [3.05, 3.63) is 42.4 Å². The monoisotopic (exact) mass is 394 g/mol. The highest BCUT2D eigenvalue weighted by Crippen LogP contribution is 2.35. The van der Waals surface area contributed by atoms with Gasteiger partial charge in [0.1, 0.15) is 23.7 Å². The van der Waals surface area contributed by atoms with Crippen molar-refractivity contribution in [2.24, 2.45) is 0 Å². The Bertz CT molecular complexity index is 1050. The van der Waals surface area contributed by atoms with Crippen LogP contribution in [0.25, 0.3) is 11.3 Å². The number of hydrogen-bond donors (Lipinski definition) is 2. The summed E-state index contributed by atoms with van der Waals surface area (Å²) in [6.07, 6.45) is 1.44. The van der Waals surface area contributed by atoms with E-state index in [0.29, 0.717) is 41.9 Å². The number of H-pyrrole nitrogens is 1. The van der Waals surface area contributed by atoms with Crippen LogP contribution in [0.15, 0.2) is 36.7 Å². The first-order chi connectivity index (χ1) is 14.3. The molecule has 1 amide bonds. The Hall–Kier alpha value is -3.66. The molecule has 0 radical (unpaired) electrons. The van der Waals surface area contributed by atoms with Gasteiger partial charge in [0, 0.05) is 24.7 Å². The molecule has 3 aromatic rings. The maximum Gasteiger partial charge on any atom is 0.274 e. The molecule has 0 bridgehead atoms. The average molecular weight is 394 g/mol. The number of hydrogen-bond acceptors (Lipinski definition) is 8. The van der Waals surface area contributed by atoms with Crippen molar-refractivity contribution < 1.29 is 19.0 Å². The fraction of sp³-hybridized carbons (Fsp3) is 0.263. The number of anilines is 2. The second-order valence-corrected chi connectivity index (χ2v) is 6.55. The normalized spacial score (nSPS) is 15.4. The smallest absolute Gasteiger partial charge is 0.274 e. The van der Waals surface area contributed by atoms with Gasteiger partial charge in [0.15, 0.2) is 11.5 Å². The van der Waals surface area contributed by atoms with Gasteiger partial charge in [0.25, 0.3) is 5.91 Å². The SMILES string of the molecule is O=C(Nc1cc(N2CCOCC2)ncn1)c1cc(-c2ccc3c(c2)OCO3)n[nH]1. The molecule has 2 aliphatic rings. The van der Waals surface area contributed by atoms with Crippen LogP contribution >= 0.6 is 0 Å². The molecule has 2 aromatic heterocycles. The van der Waals surface area contributed by atoms with Crippen molar-refractivity contribution >= 4 is 17.5 Å². The minimum absolute atomic E-state index is 0.207. The van der Waals surface area contributed by atoms with Gasteiger partial charge in [-0.15, -0.1) is 0 Å². The molecule has 2 N–H and O–H groups in total. The fourth-order valence-corrected chi connectivity index (χ4v) is 3.21. The Morgan fingerprint density at radius 1 is 1.07 bits per heavy atom. The number of nitrogens with zero attached hydrogens (tertiary/aromatic N) is 4. The topological polar surface area (TPSA) is 114 Å². The van der Waals surface area contributed by atoms with Crippen molar-refractivity contribution in [2.45, 2.75) is 0 Å². The number of ether oxygens (including phenoxy) is 3. The van der Waals surface area contributed by atoms with Crippen LogP contribution in [0.1, 0.15) is 10.5 Å². The van der Waals surface area contributed by atoms with Gasteiger partial charge in [-0.25, -0.2) is 9.97 Å². The fourth-order valence-electron chi connectivity index (χ4n) is 3.21. The van der Waals surface area contributed by atoms with E-state index >= 15 is 0 Å². The summed E-state index contributed by atoms with van der Waals surface area (Å²) < 4.78 is 16.1. The van der Waals surface area contributed by atoms with Gasteiger partial charge in [0.05, 0.1) is 18.9 Å². The van der Waals surface area contributed by atoms with E-state index in [1.165, 1.54) is 6.33 Å². The highest BCUT2D eigenvalue weighted by molar-refractivity contribution is 6.03. The number of amides is 1. The quantitative estimate of drug-likeness (QED) is 0.687. The standard InChI is InChI=1S/C19H18N6O4/c26-19(22-17-9-18(21-10-20-17)25-3-5-27-6-4-25)14-8-13(23-24-14)12-1-2-15-16(7-12)29-11-28-15/h1-2,7-10H,3-6,11H2,(H,23,24)(H,20,21,22,26). The zero-order valence-corrected chi connectivity index (χ0v) is 15.4. The van der Waals surface area contributed by atoms with E-state index in [-0.39, 0.29) is 12.7 Å². The third-order valence-corrected chi connectivity index (χ3v) is 4.72. The summed E-state index contributed by atoms with van der Waals surface area (Å²) in [7, 11) is 0. The number of fused-ring (bicyclic) bond motifs is 1. The molecule has 0 aliphatic carbocycles. The van der Waals surface area contributed by atoms with Crippen molar-refractivity contribution in [1.29, 1.82) is 0 Å². The average Bonchev–Trinajstić information content (AvgIpc) is 3.44. The summed E-state index contributed by atoms with van der Waals surface area (Å²) in [5.74, 6) is 2.20. The molecule has 29 heavy (non-hydrogen) atoms. The summed E-state index contributed by atoms with van der Waals surface area (Å²) in [6, 6.07) is 8.94. The van der Waals surface area contributed by atoms with Crippen molar-refractivity contribution in [3.63, 3.8) is 0 Å². The summed E-state index contributed by atoms with van der Waals surface area (Å²) in [6.45, 7) is 3.02. The Balaban J connectivity index is 1.30. The second-order valence-electron chi connectivity index (χ2n) is 6.55. The van der Waals surface area contributed by atoms with Crippen LogP contribution in [-0.4, -0.2) is 59.2 Å². The Morgan fingerprint density at radius 3 is 2.83 bits per heavy atom. The molecule has 148 valence electrons. The molecule has 1 saturated heterocycles. The zero-order chi connectivity index (χ0) is 19.6. The molecule has 0 saturated carbocycles. The Morgan fingerprint density at radius 2 is 1.93 bits per heavy atom. The van der Waals surface area contributed by atoms with Crippen LogP contribution in [0.3, 0.4) is 0 Å². The number of aromatic amines is 1. The number of rotatable bonds is 4. The Kier molecular flexibility index (Phi) is 4.45. The van der Waals surface area contributed by atoms with Gasteiger partial charge in [0.2, 0.25) is 6.79 Å². The van der Waals surface area contributed by atoms with Gasteiger partial charge >= 0.3 is 0 Å². The number of benzene rings is 1. The predicted molar refractivity (Wildman–Crippen MR) is 103 cm³/mol. The van der Waals surface area contributed by atoms with Gasteiger partial charge in [-0.1, -0.05) is 0 Å². The minimum atomic E-state index is -0.337. The summed E-state index contributed by atoms with van der Waals surface area (Å²) >= 11 is 0. The maximum absolute atomic E-state index is 12.6. The van der Waals surface area contributed by atoms with Crippen molar-refractivity contribution in [1.82, 2.24) is 20.2 Å². The highest BCUT2D eigenvalue weighted by atomic mass is 16.7. The lowest BCUT2D eigenvalue weighted by atomic mass is 10.1. The Labute approximate surface area is 165 Å². The van der Waals surface area contributed by atoms with Gasteiger partial charge < -0.3 is 24.4 Å². The van der Waals surface area contributed by atoms with E-state index < -0.39 is 0 Å². The largest absolute Gasteiger partial charge is 0.454 e. The van der Waals surface area contributed by atoms with Crippen LogP contribution in [0.5, 0.6) is 11.5 Å². The third kappa shape index (κ3) is 3.57. The van der Waals surface area contributed by atoms with Gasteiger partial charge in [-0.3, -0.25) is 9.89 Å². The van der Waals surface area contributed by atoms with Crippen LogP contribution in [0.4, 0.5) is 11.6 Å². The molecule has 0 spiro atoms. The van der Waals surface area contributed by atoms with E-state index in [4.69, 9.17) is 14.2 Å². The lowest BCUT2D eigenvalue weighted by Gasteiger charge is -2.27. The molecule has 0 unspecified atom stereocenters. The van der Waals surface area contributed by atoms with E-state index in [1.54, 1.807) is 12.1 Å². The van der Waals surface area contributed by atoms with Crippen LogP contribution in [-0.2, 0) is 4.74 Å². The number of morpholine rings is 1. The summed E-state index contributed by atoms with van der Waals surface area (Å²) in [5.41, 5.74) is 1.77. The van der Waals surface area contributed by atoms with Crippen molar-refractivity contribution in [2.75, 3.05) is 43.3 Å². The van der Waals surface area contributed by atoms with Gasteiger partial charge in [-0.05, 0) is 24.3 Å². The molecule has 10 nitrogen and oxygen atoms in total. The molecule has 5 rings (SSSR count). The van der Waals surface area contributed by atoms with E-state index in [9.17, 15) is 4.79 Å². The predicted octanol–water partition coefficient (Wildman–Crippen LogP) is 1.68. The third-order valence-electron chi connectivity index (χ3n) is 4.72. The first-order valence-corrected chi connectivity index (χ1v) is 9.18. The lowest BCUT2D eigenvalue weighted by Crippen LogP contribution is -2.36. The molecule has 10 heteroatoms. The molecule has 4 heterocycles. The van der Waals surface area contributed by atoms with Crippen LogP contribution in [0, 0.1) is 0 Å². The molecule has 1 aromatic carbocycles. The number of carbonyl (C=O) groups is 1. The number of nitrogens with one attached hydrogen (secondary N) is 2. The van der Waals surface area contributed by atoms with Crippen LogP contribution in [0.2, 0.25) is 0 Å². The van der Waals surface area contributed by atoms with Gasteiger partial charge in [-0.2, -0.15) is 5.10 Å². The maximum atomic E-state index is 12.6. The molecule has 0 atom stereocenters. The summed E-state index contributed by atoms with van der Waals surface area (Å²) in [4.78, 5) is 23.1. The van der Waals surface area contributed by atoms with Crippen LogP contribution < -0.4 is 19.7 Å². The first kappa shape index (κ1) is 17.4. The minimum Gasteiger partial charge on any atom is -0.454 e. The molecule has 1 fully saturated rings. The molecular formula is C19H18N6O4. The number of aromatic nitrogens is 4. The lowest BCUT2D eigenvalue weighted by molar-refractivity contribution is 0.102. The molecular weight excluding hydrogens is 376 g/mol. The molecule has 2 aliphatic heterocycles. The first-order valence-electron chi connectivity index (χ1n) is 9.18. The van der Waals surface area contributed by atoms with E-state index in [0.717, 1.165) is 24.5 Å². The highest BCUT2D eigenvalue weighted by Gasteiger charge is 2.18. The number of carbonyl (C=O) groups excluding carboxylic acids is 1. The second kappa shape index (κ2) is 7.40. The van der Waals surface area contributed by atoms with E-state index in [2.05, 4.69) is 30.4 Å². The zero-order valence-electron chi connectivity index (χ0n) is 15.4. The van der Waals surface area contributed by atoms with Crippen molar-refractivity contribution in [3.8, 4) is 22.8 Å². The summed E-state index contributed by atoms with van der Waals surface area (Å²) in [5, 5.41) is 9.77. The van der Waals surface area contributed by atoms with E-state index in [1.807, 2.05) is 18.2 Å².